The van der Waals surface area contributed by atoms with Crippen molar-refractivity contribution in [2.24, 2.45) is 0 Å². The molecular formula is C30H29NO5. The molecule has 4 rings (SSSR count). The fourth-order valence-corrected chi connectivity index (χ4v) is 4.34. The monoisotopic (exact) mass is 483 g/mol. The Morgan fingerprint density at radius 1 is 0.944 bits per heavy atom. The molecule has 0 spiro atoms. The summed E-state index contributed by atoms with van der Waals surface area (Å²) in [5, 5.41) is 0. The minimum absolute atomic E-state index is 0.257. The highest BCUT2D eigenvalue weighted by atomic mass is 16.5. The van der Waals surface area contributed by atoms with Gasteiger partial charge in [0.15, 0.2) is 11.5 Å². The van der Waals surface area contributed by atoms with Crippen LogP contribution < -0.4 is 9.47 Å². The molecule has 0 aliphatic carbocycles. The number of carbonyl (C=O) groups is 2. The molecule has 6 heteroatoms. The van der Waals surface area contributed by atoms with E-state index in [1.54, 1.807) is 37.1 Å². The first-order valence-corrected chi connectivity index (χ1v) is 11.7. The quantitative estimate of drug-likeness (QED) is 0.303. The van der Waals surface area contributed by atoms with E-state index in [2.05, 4.69) is 0 Å². The third kappa shape index (κ3) is 5.03. The van der Waals surface area contributed by atoms with Gasteiger partial charge in [0.05, 0.1) is 31.4 Å². The summed E-state index contributed by atoms with van der Waals surface area (Å²) in [6.45, 7) is 4.11. The van der Waals surface area contributed by atoms with Gasteiger partial charge < -0.3 is 19.1 Å². The Balaban J connectivity index is 1.66. The molecule has 0 aromatic heterocycles. The van der Waals surface area contributed by atoms with Gasteiger partial charge in [0, 0.05) is 5.70 Å². The van der Waals surface area contributed by atoms with E-state index in [4.69, 9.17) is 14.2 Å². The molecule has 0 unspecified atom stereocenters. The number of hydrogen-bond acceptors (Lipinski definition) is 5. The highest BCUT2D eigenvalue weighted by Crippen LogP contribution is 2.38. The number of carbonyl (C=O) groups excluding carboxylic acids is 2. The molecule has 3 aromatic rings. The lowest BCUT2D eigenvalue weighted by molar-refractivity contribution is -0.136. The van der Waals surface area contributed by atoms with Crippen LogP contribution >= 0.6 is 0 Å². The topological polar surface area (TPSA) is 65.1 Å². The van der Waals surface area contributed by atoms with E-state index in [1.165, 1.54) is 7.11 Å². The van der Waals surface area contributed by atoms with E-state index >= 15 is 0 Å². The number of rotatable bonds is 8. The Bertz CT molecular complexity index is 1310. The van der Waals surface area contributed by atoms with Crippen LogP contribution in [-0.4, -0.2) is 31.0 Å². The number of hydrogen-bond donors (Lipinski definition) is 0. The summed E-state index contributed by atoms with van der Waals surface area (Å²) in [5.74, 6) is 0.304. The summed E-state index contributed by atoms with van der Waals surface area (Å²) in [6, 6.07) is 24.7. The van der Waals surface area contributed by atoms with Crippen LogP contribution in [0.2, 0.25) is 0 Å². The number of amides is 1. The van der Waals surface area contributed by atoms with E-state index in [9.17, 15) is 9.59 Å². The molecule has 0 N–H and O–H groups in total. The zero-order chi connectivity index (χ0) is 25.7. The van der Waals surface area contributed by atoms with Crippen LogP contribution in [0.1, 0.15) is 36.6 Å². The van der Waals surface area contributed by atoms with Crippen molar-refractivity contribution in [1.82, 2.24) is 4.90 Å². The van der Waals surface area contributed by atoms with Crippen molar-refractivity contribution in [3.63, 3.8) is 0 Å². The molecule has 0 saturated heterocycles. The van der Waals surface area contributed by atoms with E-state index in [0.717, 1.165) is 11.1 Å². The van der Waals surface area contributed by atoms with E-state index in [0.29, 0.717) is 29.4 Å². The lowest BCUT2D eigenvalue weighted by Crippen LogP contribution is -2.28. The van der Waals surface area contributed by atoms with Gasteiger partial charge in [-0.15, -0.1) is 0 Å². The highest BCUT2D eigenvalue weighted by molar-refractivity contribution is 6.16. The predicted molar refractivity (Wildman–Crippen MR) is 138 cm³/mol. The van der Waals surface area contributed by atoms with Crippen LogP contribution in [0.4, 0.5) is 0 Å². The van der Waals surface area contributed by atoms with Crippen LogP contribution in [0.25, 0.3) is 6.08 Å². The van der Waals surface area contributed by atoms with Crippen molar-refractivity contribution in [1.29, 1.82) is 0 Å². The Morgan fingerprint density at radius 2 is 1.61 bits per heavy atom. The lowest BCUT2D eigenvalue weighted by atomic mass is 10.0. The smallest absolute Gasteiger partial charge is 0.340 e. The van der Waals surface area contributed by atoms with E-state index < -0.39 is 5.97 Å². The summed E-state index contributed by atoms with van der Waals surface area (Å²) < 4.78 is 16.5. The van der Waals surface area contributed by atoms with Crippen molar-refractivity contribution in [3.8, 4) is 11.5 Å². The Hall–Kier alpha value is -4.32. The second-order valence-electron chi connectivity index (χ2n) is 8.46. The number of allylic oxidation sites excluding steroid dienone is 1. The fraction of sp³-hybridized carbons (Fsp3) is 0.200. The zero-order valence-electron chi connectivity index (χ0n) is 20.9. The maximum Gasteiger partial charge on any atom is 0.340 e. The molecule has 0 bridgehead atoms. The van der Waals surface area contributed by atoms with Gasteiger partial charge in [-0.05, 0) is 48.7 Å². The van der Waals surface area contributed by atoms with E-state index in [-0.39, 0.29) is 23.1 Å². The van der Waals surface area contributed by atoms with Crippen molar-refractivity contribution < 1.29 is 23.8 Å². The second kappa shape index (κ2) is 11.0. The van der Waals surface area contributed by atoms with Gasteiger partial charge in [-0.3, -0.25) is 4.79 Å². The normalized spacial score (nSPS) is 15.3. The summed E-state index contributed by atoms with van der Waals surface area (Å²) in [5.41, 5.74) is 3.81. The molecule has 1 atom stereocenters. The molecule has 1 heterocycles. The highest BCUT2D eigenvalue weighted by Gasteiger charge is 2.39. The minimum atomic E-state index is -0.551. The molecule has 184 valence electrons. The molecular weight excluding hydrogens is 454 g/mol. The van der Waals surface area contributed by atoms with Gasteiger partial charge in [0.2, 0.25) is 0 Å². The third-order valence-electron chi connectivity index (χ3n) is 6.24. The first kappa shape index (κ1) is 24.8. The van der Waals surface area contributed by atoms with Crippen LogP contribution in [0.15, 0.2) is 95.7 Å². The number of methoxy groups -OCH3 is 2. The van der Waals surface area contributed by atoms with Crippen LogP contribution in [0.3, 0.4) is 0 Å². The number of esters is 1. The molecule has 36 heavy (non-hydrogen) atoms. The molecule has 1 aliphatic rings. The average Bonchev–Trinajstić information content (AvgIpc) is 3.16. The number of nitrogens with zero attached hydrogens (tertiary/aromatic N) is 1. The Morgan fingerprint density at radius 3 is 2.25 bits per heavy atom. The first-order chi connectivity index (χ1) is 17.4. The standard InChI is InChI=1S/C30H29NO5/c1-20(24-13-9-6-10-14-24)31-21(2)28(30(33)35-4)25(29(31)32)17-23-15-16-26(27(18-23)34-3)36-19-22-11-7-5-8-12-22/h5-18,20H,19H2,1-4H3/b25-17-/t20-/m1/s1. The molecule has 0 saturated carbocycles. The maximum absolute atomic E-state index is 13.6. The van der Waals surface area contributed by atoms with Gasteiger partial charge in [0.25, 0.3) is 5.91 Å². The van der Waals surface area contributed by atoms with Crippen LogP contribution in [-0.2, 0) is 20.9 Å². The fourth-order valence-electron chi connectivity index (χ4n) is 4.34. The number of ether oxygens (including phenoxy) is 3. The first-order valence-electron chi connectivity index (χ1n) is 11.7. The van der Waals surface area contributed by atoms with Gasteiger partial charge in [0.1, 0.15) is 6.61 Å². The summed E-state index contributed by atoms with van der Waals surface area (Å²) in [7, 11) is 2.88. The van der Waals surface area contributed by atoms with Gasteiger partial charge >= 0.3 is 5.97 Å². The van der Waals surface area contributed by atoms with Crippen LogP contribution in [0, 0.1) is 0 Å². The predicted octanol–water partition coefficient (Wildman–Crippen LogP) is 5.71. The Kier molecular flexibility index (Phi) is 7.54. The molecule has 6 nitrogen and oxygen atoms in total. The molecule has 3 aromatic carbocycles. The molecule has 0 fully saturated rings. The summed E-state index contributed by atoms with van der Waals surface area (Å²) in [6.07, 6.45) is 1.69. The summed E-state index contributed by atoms with van der Waals surface area (Å²) >= 11 is 0. The van der Waals surface area contributed by atoms with Crippen molar-refractivity contribution in [3.05, 3.63) is 112 Å². The average molecular weight is 484 g/mol. The van der Waals surface area contributed by atoms with Crippen molar-refractivity contribution >= 4 is 18.0 Å². The maximum atomic E-state index is 13.6. The van der Waals surface area contributed by atoms with Crippen molar-refractivity contribution in [2.75, 3.05) is 14.2 Å². The van der Waals surface area contributed by atoms with E-state index in [1.807, 2.05) is 73.7 Å². The van der Waals surface area contributed by atoms with Crippen molar-refractivity contribution in [2.45, 2.75) is 26.5 Å². The molecule has 1 amide bonds. The Labute approximate surface area is 211 Å². The second-order valence-corrected chi connectivity index (χ2v) is 8.46. The minimum Gasteiger partial charge on any atom is -0.493 e. The summed E-state index contributed by atoms with van der Waals surface area (Å²) in [4.78, 5) is 28.0. The molecule has 0 radical (unpaired) electrons. The SMILES string of the molecule is COC(=O)C1=C(C)N([C@H](C)c2ccccc2)C(=O)/C1=C\c1ccc(OCc2ccccc2)c(OC)c1. The van der Waals surface area contributed by atoms with Gasteiger partial charge in [-0.1, -0.05) is 66.7 Å². The third-order valence-corrected chi connectivity index (χ3v) is 6.24. The number of benzene rings is 3. The van der Waals surface area contributed by atoms with Gasteiger partial charge in [-0.2, -0.15) is 0 Å². The van der Waals surface area contributed by atoms with Gasteiger partial charge in [-0.25, -0.2) is 4.79 Å². The molecule has 1 aliphatic heterocycles. The lowest BCUT2D eigenvalue weighted by Gasteiger charge is -2.26. The largest absolute Gasteiger partial charge is 0.493 e. The zero-order valence-corrected chi connectivity index (χ0v) is 20.9. The van der Waals surface area contributed by atoms with Crippen LogP contribution in [0.5, 0.6) is 11.5 Å².